The molecule has 2 amide bonds. The first-order chi connectivity index (χ1) is 12.3. The summed E-state index contributed by atoms with van der Waals surface area (Å²) in [4.78, 5) is 28.5. The molecule has 5 heteroatoms. The largest absolute Gasteiger partial charge is 0.325 e. The fraction of sp³-hybridized carbons (Fsp3) is 0.238. The van der Waals surface area contributed by atoms with E-state index in [1.54, 1.807) is 42.5 Å². The molecule has 0 spiro atoms. The topological polar surface area (TPSA) is 82.3 Å². The lowest BCUT2D eigenvalue weighted by molar-refractivity contribution is -0.116. The van der Waals surface area contributed by atoms with Crippen molar-refractivity contribution in [3.05, 3.63) is 71.0 Å². The van der Waals surface area contributed by atoms with E-state index in [4.69, 9.17) is 5.26 Å². The normalized spacial score (nSPS) is 20.6. The molecule has 1 aromatic rings. The van der Waals surface area contributed by atoms with Crippen molar-refractivity contribution in [2.24, 2.45) is 16.3 Å². The quantitative estimate of drug-likeness (QED) is 0.847. The first-order valence-electron chi connectivity index (χ1n) is 8.34. The van der Waals surface area contributed by atoms with E-state index >= 15 is 0 Å². The molecule has 1 aromatic carbocycles. The monoisotopic (exact) mass is 345 g/mol. The number of hydrogen-bond donors (Lipinski definition) is 1. The second-order valence-electron chi connectivity index (χ2n) is 7.31. The molecule has 1 atom stereocenters. The average molecular weight is 345 g/mol. The van der Waals surface area contributed by atoms with Crippen LogP contribution in [0.15, 0.2) is 64.8 Å². The number of rotatable bonds is 1. The number of fused-ring (bicyclic) bond motifs is 1. The second kappa shape index (κ2) is 6.57. The Hall–Kier alpha value is -3.26. The van der Waals surface area contributed by atoms with Crippen molar-refractivity contribution < 1.29 is 9.59 Å². The fourth-order valence-electron chi connectivity index (χ4n) is 3.01. The molecule has 1 aliphatic heterocycles. The summed E-state index contributed by atoms with van der Waals surface area (Å²) >= 11 is 0. The van der Waals surface area contributed by atoms with Crippen molar-refractivity contribution in [2.75, 3.05) is 0 Å². The summed E-state index contributed by atoms with van der Waals surface area (Å²) in [5.74, 6) is -0.569. The summed E-state index contributed by atoms with van der Waals surface area (Å²) in [6.45, 7) is 6.21. The Labute approximate surface area is 152 Å². The minimum atomic E-state index is -0.391. The van der Waals surface area contributed by atoms with Gasteiger partial charge in [-0.25, -0.2) is 4.99 Å². The van der Waals surface area contributed by atoms with Crippen molar-refractivity contribution in [1.82, 2.24) is 5.32 Å². The number of nitrogens with zero attached hydrogens (tertiary/aromatic N) is 2. The maximum absolute atomic E-state index is 12.3. The first-order valence-corrected chi connectivity index (χ1v) is 8.34. The summed E-state index contributed by atoms with van der Waals surface area (Å²) in [5, 5.41) is 11.7. The van der Waals surface area contributed by atoms with E-state index in [1.807, 2.05) is 12.1 Å². The van der Waals surface area contributed by atoms with Gasteiger partial charge < -0.3 is 5.32 Å². The molecule has 26 heavy (non-hydrogen) atoms. The van der Waals surface area contributed by atoms with Gasteiger partial charge in [-0.15, -0.1) is 0 Å². The number of hydrogen-bond acceptors (Lipinski definition) is 3. The zero-order chi connectivity index (χ0) is 18.9. The van der Waals surface area contributed by atoms with Crippen molar-refractivity contribution in [2.45, 2.75) is 20.8 Å². The molecule has 0 saturated heterocycles. The van der Waals surface area contributed by atoms with E-state index in [2.05, 4.69) is 31.1 Å². The lowest BCUT2D eigenvalue weighted by atomic mass is 9.74. The van der Waals surface area contributed by atoms with Gasteiger partial charge in [-0.2, -0.15) is 5.26 Å². The van der Waals surface area contributed by atoms with E-state index in [0.717, 1.165) is 11.3 Å². The van der Waals surface area contributed by atoms with Gasteiger partial charge in [0.2, 0.25) is 5.91 Å². The maximum Gasteiger partial charge on any atom is 0.277 e. The summed E-state index contributed by atoms with van der Waals surface area (Å²) in [6.07, 6.45) is 7.14. The average Bonchev–Trinajstić information content (AvgIpc) is 2.60. The lowest BCUT2D eigenvalue weighted by Crippen LogP contribution is -2.36. The van der Waals surface area contributed by atoms with Crippen molar-refractivity contribution in [1.29, 1.82) is 5.26 Å². The molecular formula is C21H19N3O2. The minimum Gasteiger partial charge on any atom is -0.325 e. The van der Waals surface area contributed by atoms with E-state index < -0.39 is 5.91 Å². The predicted octanol–water partition coefficient (Wildman–Crippen LogP) is 3.31. The molecule has 0 aromatic heterocycles. The van der Waals surface area contributed by atoms with E-state index in [0.29, 0.717) is 16.8 Å². The second-order valence-corrected chi connectivity index (χ2v) is 7.31. The predicted molar refractivity (Wildman–Crippen MR) is 99.3 cm³/mol. The molecule has 5 nitrogen and oxygen atoms in total. The van der Waals surface area contributed by atoms with Gasteiger partial charge in [0.25, 0.3) is 5.91 Å². The summed E-state index contributed by atoms with van der Waals surface area (Å²) < 4.78 is 0. The standard InChI is InChI=1S/C21H19N3O2/c1-21(2,3)17-11-19(25)24-18-10-15(8-9-16(17)18)23-20(26)14-6-4-13(12-22)5-7-14/h4-11,16H,1-3H3,(H,24,25). The van der Waals surface area contributed by atoms with Gasteiger partial charge in [0.05, 0.1) is 17.3 Å². The van der Waals surface area contributed by atoms with Crippen LogP contribution in [0.2, 0.25) is 0 Å². The van der Waals surface area contributed by atoms with E-state index in [1.165, 1.54) is 0 Å². The number of aliphatic imine (C=N–C) groups is 1. The van der Waals surface area contributed by atoms with Gasteiger partial charge in [0, 0.05) is 23.3 Å². The third kappa shape index (κ3) is 3.55. The third-order valence-corrected chi connectivity index (χ3v) is 4.34. The molecule has 2 aliphatic rings. The maximum atomic E-state index is 12.3. The highest BCUT2D eigenvalue weighted by Crippen LogP contribution is 2.38. The SMILES string of the molecule is CC(C)(C)C1=CC(=O)NC2=CC(=NC(=O)c3ccc(C#N)cc3)C=CC21. The molecule has 0 radical (unpaired) electrons. The van der Waals surface area contributed by atoms with Crippen molar-refractivity contribution >= 4 is 17.5 Å². The Morgan fingerprint density at radius 3 is 2.50 bits per heavy atom. The molecule has 1 heterocycles. The smallest absolute Gasteiger partial charge is 0.277 e. The molecule has 1 aliphatic carbocycles. The number of benzene rings is 1. The van der Waals surface area contributed by atoms with Crippen LogP contribution in [0.4, 0.5) is 0 Å². The third-order valence-electron chi connectivity index (χ3n) is 4.34. The number of nitrogens with one attached hydrogen (secondary N) is 1. The summed E-state index contributed by atoms with van der Waals surface area (Å²) in [5.41, 5.74) is 3.01. The van der Waals surface area contributed by atoms with Crippen LogP contribution >= 0.6 is 0 Å². The summed E-state index contributed by atoms with van der Waals surface area (Å²) in [6, 6.07) is 8.34. The number of nitriles is 1. The Kier molecular flexibility index (Phi) is 4.43. The van der Waals surface area contributed by atoms with Gasteiger partial charge in [-0.3, -0.25) is 9.59 Å². The fourth-order valence-corrected chi connectivity index (χ4v) is 3.01. The van der Waals surface area contributed by atoms with Crippen LogP contribution in [0, 0.1) is 22.7 Å². The first kappa shape index (κ1) is 17.6. The molecule has 0 bridgehead atoms. The Bertz CT molecular complexity index is 933. The van der Waals surface area contributed by atoms with Crippen LogP contribution in [0.5, 0.6) is 0 Å². The molecule has 3 rings (SSSR count). The van der Waals surface area contributed by atoms with Crippen LogP contribution in [-0.2, 0) is 4.79 Å². The highest BCUT2D eigenvalue weighted by atomic mass is 16.2. The number of amides is 2. The van der Waals surface area contributed by atoms with Gasteiger partial charge >= 0.3 is 0 Å². The molecule has 1 N–H and O–H groups in total. The number of allylic oxidation sites excluding steroid dienone is 3. The molecular weight excluding hydrogens is 326 g/mol. The van der Waals surface area contributed by atoms with Crippen LogP contribution in [0.25, 0.3) is 0 Å². The van der Waals surface area contributed by atoms with Gasteiger partial charge in [0.15, 0.2) is 0 Å². The van der Waals surface area contributed by atoms with Gasteiger partial charge in [0.1, 0.15) is 0 Å². The zero-order valence-electron chi connectivity index (χ0n) is 14.9. The minimum absolute atomic E-state index is 0.0170. The molecule has 0 fully saturated rings. The van der Waals surface area contributed by atoms with Gasteiger partial charge in [-0.1, -0.05) is 26.8 Å². The van der Waals surface area contributed by atoms with Crippen LogP contribution in [0.3, 0.4) is 0 Å². The molecule has 130 valence electrons. The lowest BCUT2D eigenvalue weighted by Gasteiger charge is -2.34. The van der Waals surface area contributed by atoms with Crippen molar-refractivity contribution in [3.63, 3.8) is 0 Å². The Morgan fingerprint density at radius 2 is 1.88 bits per heavy atom. The highest BCUT2D eigenvalue weighted by Gasteiger charge is 2.32. The Balaban J connectivity index is 1.88. The number of carbonyl (C=O) groups excluding carboxylic acids is 2. The van der Waals surface area contributed by atoms with E-state index in [-0.39, 0.29) is 17.2 Å². The highest BCUT2D eigenvalue weighted by molar-refractivity contribution is 6.14. The van der Waals surface area contributed by atoms with Gasteiger partial charge in [-0.05, 0) is 47.4 Å². The summed E-state index contributed by atoms with van der Waals surface area (Å²) in [7, 11) is 0. The van der Waals surface area contributed by atoms with Crippen LogP contribution in [-0.4, -0.2) is 17.5 Å². The van der Waals surface area contributed by atoms with Crippen molar-refractivity contribution in [3.8, 4) is 6.07 Å². The van der Waals surface area contributed by atoms with Crippen LogP contribution < -0.4 is 5.32 Å². The Morgan fingerprint density at radius 1 is 1.19 bits per heavy atom. The molecule has 1 unspecified atom stereocenters. The zero-order valence-corrected chi connectivity index (χ0v) is 14.9. The number of carbonyl (C=O) groups is 2. The van der Waals surface area contributed by atoms with E-state index in [9.17, 15) is 9.59 Å². The molecule has 0 saturated carbocycles. The van der Waals surface area contributed by atoms with Crippen LogP contribution in [0.1, 0.15) is 36.7 Å².